The largest absolute Gasteiger partial charge is 0.491 e. The number of cyclic esters (lactones) is 1. The number of piperidine rings is 1. The van der Waals surface area contributed by atoms with Gasteiger partial charge in [-0.2, -0.15) is 0 Å². The molecule has 15 atom stereocenters. The first-order chi connectivity index (χ1) is 62.4. The number of aryl methyl sites for hydroxylation is 1. The Morgan fingerprint density at radius 2 is 1.32 bits per heavy atom. The third-order valence-corrected chi connectivity index (χ3v) is 26.5. The molecule has 2 bridgehead atoms. The van der Waals surface area contributed by atoms with Crippen LogP contribution >= 0.6 is 0 Å². The van der Waals surface area contributed by atoms with Gasteiger partial charge in [-0.3, -0.25) is 28.8 Å². The second kappa shape index (κ2) is 58.6. The summed E-state index contributed by atoms with van der Waals surface area (Å²) in [5, 5.41) is 23.7. The maximum atomic E-state index is 14.6. The highest BCUT2D eigenvalue weighted by Crippen LogP contribution is 2.40. The molecule has 130 heavy (non-hydrogen) atoms. The van der Waals surface area contributed by atoms with Crippen molar-refractivity contribution in [2.24, 2.45) is 35.5 Å². The quantitative estimate of drug-likeness (QED) is 0.0205. The molecular formula is C99H150N4O26S. The number of aliphatic hydroxyl groups is 2. The molecule has 0 spiro atoms. The molecule has 0 radical (unpaired) electrons. The van der Waals surface area contributed by atoms with Crippen LogP contribution in [0.1, 0.15) is 199 Å². The number of hydrogen-bond donors (Lipinski definition) is 3. The fraction of sp³-hybridized carbons (Fsp3) is 0.677. The van der Waals surface area contributed by atoms with Crippen LogP contribution in [0.25, 0.3) is 11.1 Å². The van der Waals surface area contributed by atoms with Gasteiger partial charge in [-0.25, -0.2) is 18.2 Å². The molecule has 3 aromatic rings. The molecule has 1 aromatic heterocycles. The third-order valence-electron chi connectivity index (χ3n) is 24.7. The third kappa shape index (κ3) is 36.3. The van der Waals surface area contributed by atoms with Crippen molar-refractivity contribution >= 4 is 56.8 Å². The highest BCUT2D eigenvalue weighted by atomic mass is 32.2. The Hall–Kier alpha value is -7.57. The zero-order valence-electron chi connectivity index (χ0n) is 79.3. The van der Waals surface area contributed by atoms with Crippen LogP contribution in [0.5, 0.6) is 5.75 Å². The SMILES string of the molecule is CCOCCOCCOCCOCCC(=O)CCCS(=O)(=O)c1ccc(C(=O)N2CCOc3ccc(-c4ccc(N)nc4)cc3C2)c(C)c1.CCOCCOCCOCCOCCCC(=O)O[C@@H]1CC[C@@H](C[C@@H](C)[C@@H]2CC[C@H](C)/C=C(\C)[C@@H](O)[C@@H](OC)C(=O)[C@H](C)C[C@H](C)/C=C/C=C/C=C(\C)[C@@H](OC)C[C@@H]3CC[C@@H](C)[C@@](O)(O3)C(=O)C(=O)N3CCCC[C@H]3C(=O)O2)C[C@H]1OC. The smallest absolute Gasteiger partial charge is 0.329 e. The summed E-state index contributed by atoms with van der Waals surface area (Å²) in [4.78, 5) is 103. The minimum Gasteiger partial charge on any atom is -0.491 e. The number of carbonyl (C=O) groups is 7. The summed E-state index contributed by atoms with van der Waals surface area (Å²) in [5.41, 5.74) is 10.9. The number of pyridine rings is 1. The van der Waals surface area contributed by atoms with E-state index in [0.29, 0.717) is 224 Å². The number of nitrogens with two attached hydrogens (primary N) is 1. The maximum absolute atomic E-state index is 14.6. The van der Waals surface area contributed by atoms with E-state index in [9.17, 15) is 52.2 Å². The Kier molecular flexibility index (Phi) is 49.3. The number of carbonyl (C=O) groups excluding carboxylic acids is 7. The molecule has 2 amide bonds. The van der Waals surface area contributed by atoms with E-state index in [4.69, 9.17) is 76.8 Å². The number of amides is 2. The second-order valence-electron chi connectivity index (χ2n) is 34.9. The van der Waals surface area contributed by atoms with Crippen molar-refractivity contribution in [1.29, 1.82) is 0 Å². The predicted octanol–water partition coefficient (Wildman–Crippen LogP) is 12.7. The van der Waals surface area contributed by atoms with Crippen LogP contribution in [0.4, 0.5) is 5.82 Å². The normalized spacial score (nSPS) is 26.5. The van der Waals surface area contributed by atoms with Gasteiger partial charge in [-0.15, -0.1) is 0 Å². The van der Waals surface area contributed by atoms with Crippen molar-refractivity contribution in [2.45, 2.75) is 251 Å². The molecule has 2 saturated heterocycles. The van der Waals surface area contributed by atoms with E-state index in [1.807, 2.05) is 102 Å². The van der Waals surface area contributed by atoms with Gasteiger partial charge in [-0.1, -0.05) is 77.1 Å². The first-order valence-corrected chi connectivity index (χ1v) is 48.5. The highest BCUT2D eigenvalue weighted by molar-refractivity contribution is 7.91. The average Bonchev–Trinajstić information content (AvgIpc) is 1.07. The van der Waals surface area contributed by atoms with Crippen molar-refractivity contribution in [3.05, 3.63) is 119 Å². The summed E-state index contributed by atoms with van der Waals surface area (Å²) in [5.74, 6) is -6.08. The van der Waals surface area contributed by atoms with Gasteiger partial charge in [-0.05, 0) is 213 Å². The number of hydrogen-bond acceptors (Lipinski definition) is 28. The lowest BCUT2D eigenvalue weighted by atomic mass is 9.78. The number of rotatable bonds is 41. The van der Waals surface area contributed by atoms with Crippen LogP contribution < -0.4 is 10.5 Å². The molecule has 1 saturated carbocycles. The van der Waals surface area contributed by atoms with Crippen LogP contribution in [-0.2, 0) is 111 Å². The van der Waals surface area contributed by atoms with Gasteiger partial charge in [0.05, 0.1) is 121 Å². The molecule has 1 aliphatic carbocycles. The zero-order valence-corrected chi connectivity index (χ0v) is 80.2. The molecule has 5 heterocycles. The molecule has 0 unspecified atom stereocenters. The van der Waals surface area contributed by atoms with Gasteiger partial charge in [0.25, 0.3) is 17.6 Å². The Labute approximate surface area is 771 Å². The molecule has 4 N–H and O–H groups in total. The zero-order chi connectivity index (χ0) is 94.6. The molecule has 4 aliphatic heterocycles. The lowest BCUT2D eigenvalue weighted by Crippen LogP contribution is -2.61. The molecular weight excluding hydrogens is 1690 g/mol. The number of allylic oxidation sites excluding steroid dienone is 6. The Morgan fingerprint density at radius 3 is 1.95 bits per heavy atom. The summed E-state index contributed by atoms with van der Waals surface area (Å²) in [6, 6.07) is 12.9. The van der Waals surface area contributed by atoms with Crippen molar-refractivity contribution in [3.8, 4) is 16.9 Å². The number of aliphatic hydroxyl groups excluding tert-OH is 1. The molecule has 8 rings (SSSR count). The molecule has 30 nitrogen and oxygen atoms in total. The van der Waals surface area contributed by atoms with Crippen molar-refractivity contribution in [2.75, 3.05) is 158 Å². The van der Waals surface area contributed by atoms with Crippen molar-refractivity contribution < 1.29 is 123 Å². The second-order valence-corrected chi connectivity index (χ2v) is 37.0. The van der Waals surface area contributed by atoms with Crippen molar-refractivity contribution in [3.63, 3.8) is 0 Å². The topological polar surface area (TPSA) is 378 Å². The molecule has 3 fully saturated rings. The van der Waals surface area contributed by atoms with Gasteiger partial charge in [0, 0.05) is 115 Å². The number of ketones is 3. The van der Waals surface area contributed by atoms with Crippen LogP contribution in [-0.4, -0.2) is 282 Å². The van der Waals surface area contributed by atoms with Gasteiger partial charge < -0.3 is 96.8 Å². The summed E-state index contributed by atoms with van der Waals surface area (Å²) < 4.78 is 112. The van der Waals surface area contributed by atoms with E-state index in [1.165, 1.54) is 24.1 Å². The Bertz CT molecular complexity index is 4200. The predicted molar refractivity (Wildman–Crippen MR) is 492 cm³/mol. The molecule has 728 valence electrons. The summed E-state index contributed by atoms with van der Waals surface area (Å²) >= 11 is 0. The number of anilines is 1. The van der Waals surface area contributed by atoms with Gasteiger partial charge in [0.15, 0.2) is 15.6 Å². The minimum atomic E-state index is -3.65. The molecule has 5 aliphatic rings. The lowest BCUT2D eigenvalue weighted by molar-refractivity contribution is -0.265. The number of methoxy groups -OCH3 is 3. The van der Waals surface area contributed by atoms with Crippen LogP contribution in [0.3, 0.4) is 0 Å². The number of nitrogen functional groups attached to an aromatic ring is 1. The van der Waals surface area contributed by atoms with E-state index in [2.05, 4.69) is 11.9 Å². The van der Waals surface area contributed by atoms with Crippen LogP contribution in [0, 0.1) is 42.4 Å². The number of aromatic nitrogens is 1. The summed E-state index contributed by atoms with van der Waals surface area (Å²) in [6.45, 7) is 27.8. The maximum Gasteiger partial charge on any atom is 0.329 e. The number of sulfone groups is 1. The van der Waals surface area contributed by atoms with E-state index < -0.39 is 87.8 Å². The molecule has 31 heteroatoms. The standard InChI is InChI=1S/C63H103NO17.C36H47N3O9S/c1-12-75-31-32-77-35-36-78-34-33-76-30-18-22-56(65)79-53-28-25-49(40-55(53)73-10)39-45(5)52-27-23-43(3)38-47(7)58(67)59(74-11)57(66)46(6)37-42(2)19-14-13-15-20-44(4)54(72-9)41-50-26-24-48(8)63(71,81-50)60(68)61(69)64-29-17-16-21-51(64)62(70)80-52;1-3-44-16-17-46-20-21-47-19-18-45-14-12-31(40)5-4-22-49(42,43)32-8-9-33(27(2)23-32)36(41)39-13-15-48-34-10-6-28(24-30(34)26-39)29-7-11-35(37)38-25-29/h13-15,19-20,38,42-43,45-46,48-55,58-59,67,71H,12,16-18,21-37,39-41H2,1-11H3;6-11,23-25H,3-5,12-22,26H2,1-2H3,(H2,37,38)/b15-13+,19-14+,44-20+,47-38+;/t42-,43+,45-,46-,48-,49+,50+,51+,52+,53-,54+,55-,58-,59+,63-;/m1./s1. The fourth-order valence-electron chi connectivity index (χ4n) is 17.0. The first kappa shape index (κ1) is 109. The van der Waals surface area contributed by atoms with E-state index in [-0.39, 0.29) is 109 Å². The Balaban J connectivity index is 0.000000401. The number of Topliss-reactive ketones (excluding diaryl/α,β-unsaturated/α-hetero) is 3. The number of ether oxygens (including phenoxy) is 15. The van der Waals surface area contributed by atoms with Crippen LogP contribution in [0.2, 0.25) is 0 Å². The number of esters is 2. The van der Waals surface area contributed by atoms with E-state index in [1.54, 1.807) is 58.2 Å². The average molecular weight is 1840 g/mol. The number of fused-ring (bicyclic) bond motifs is 4. The van der Waals surface area contributed by atoms with Gasteiger partial charge in [0.2, 0.25) is 5.79 Å². The minimum absolute atomic E-state index is 0.0469. The molecule has 2 aromatic carbocycles. The number of benzene rings is 2. The van der Waals surface area contributed by atoms with Gasteiger partial charge >= 0.3 is 11.9 Å². The summed E-state index contributed by atoms with van der Waals surface area (Å²) in [6.07, 6.45) is 16.9. The fourth-order valence-corrected chi connectivity index (χ4v) is 18.4. The number of nitrogens with zero attached hydrogens (tertiary/aromatic N) is 3. The van der Waals surface area contributed by atoms with E-state index >= 15 is 0 Å². The van der Waals surface area contributed by atoms with Crippen molar-refractivity contribution in [1.82, 2.24) is 14.8 Å². The monoisotopic (exact) mass is 1840 g/mol. The summed E-state index contributed by atoms with van der Waals surface area (Å²) in [7, 11) is 1.00. The van der Waals surface area contributed by atoms with E-state index in [0.717, 1.165) is 28.7 Å². The first-order valence-electron chi connectivity index (χ1n) is 46.8. The Morgan fingerprint density at radius 1 is 0.654 bits per heavy atom. The van der Waals surface area contributed by atoms with Gasteiger partial charge in [0.1, 0.15) is 54.4 Å². The van der Waals surface area contributed by atoms with Crippen LogP contribution in [0.15, 0.2) is 107 Å². The lowest BCUT2D eigenvalue weighted by Gasteiger charge is -2.42. The highest BCUT2D eigenvalue weighted by Gasteiger charge is 2.53.